The van der Waals surface area contributed by atoms with Crippen molar-refractivity contribution in [3.8, 4) is 5.75 Å². The second kappa shape index (κ2) is 6.42. The number of hydrogen-bond donors (Lipinski definition) is 4. The first-order valence-corrected chi connectivity index (χ1v) is 9.36. The summed E-state index contributed by atoms with van der Waals surface area (Å²) in [5.74, 6) is -0.513. The van der Waals surface area contributed by atoms with Crippen LogP contribution in [0.2, 0.25) is 0 Å². The fraction of sp³-hybridized carbons (Fsp3) is 0.381. The third-order valence-electron chi connectivity index (χ3n) is 6.65. The van der Waals surface area contributed by atoms with Crippen LogP contribution in [0.1, 0.15) is 30.4 Å². The van der Waals surface area contributed by atoms with E-state index < -0.39 is 46.1 Å². The van der Waals surface area contributed by atoms with Gasteiger partial charge in [0.05, 0.1) is 12.9 Å². The molecule has 0 aliphatic heterocycles. The van der Waals surface area contributed by atoms with Gasteiger partial charge in [0.15, 0.2) is 5.60 Å². The summed E-state index contributed by atoms with van der Waals surface area (Å²) in [5.41, 5.74) is -5.09. The van der Waals surface area contributed by atoms with Gasteiger partial charge >= 0.3 is 0 Å². The highest BCUT2D eigenvalue weighted by Gasteiger charge is 2.82. The third-order valence-corrected chi connectivity index (χ3v) is 6.65. The van der Waals surface area contributed by atoms with Crippen molar-refractivity contribution in [2.45, 2.75) is 36.2 Å². The number of hydrogen-bond acceptors (Lipinski definition) is 4. The molecule has 3 aliphatic rings. The predicted molar refractivity (Wildman–Crippen MR) is 101 cm³/mol. The van der Waals surface area contributed by atoms with Gasteiger partial charge in [-0.1, -0.05) is 12.1 Å². The number of halogens is 4. The number of aliphatic hydroxyl groups is 1. The number of alkyl halides is 2. The highest BCUT2D eigenvalue weighted by molar-refractivity contribution is 5.50. The lowest BCUT2D eigenvalue weighted by Crippen LogP contribution is -2.76. The van der Waals surface area contributed by atoms with Crippen molar-refractivity contribution in [2.75, 3.05) is 6.54 Å². The van der Waals surface area contributed by atoms with Crippen LogP contribution in [0.4, 0.5) is 17.6 Å². The quantitative estimate of drug-likeness (QED) is 0.181. The minimum absolute atomic E-state index is 0.0675. The number of benzene rings is 2. The first-order valence-electron chi connectivity index (χ1n) is 9.36. The highest BCUT2D eigenvalue weighted by atomic mass is 19.3. The van der Waals surface area contributed by atoms with E-state index in [0.29, 0.717) is 17.4 Å². The van der Waals surface area contributed by atoms with Gasteiger partial charge in [0.2, 0.25) is 0 Å². The highest BCUT2D eigenvalue weighted by Crippen LogP contribution is 2.80. The molecule has 0 aromatic heterocycles. The van der Waals surface area contributed by atoms with Crippen LogP contribution in [0.3, 0.4) is 0 Å². The maximum Gasteiger partial charge on any atom is 0.287 e. The van der Waals surface area contributed by atoms with Crippen LogP contribution in [0.15, 0.2) is 42.5 Å². The Morgan fingerprint density at radius 2 is 1.70 bits per heavy atom. The van der Waals surface area contributed by atoms with E-state index in [0.717, 1.165) is 17.7 Å². The van der Waals surface area contributed by atoms with Gasteiger partial charge in [-0.05, 0) is 54.5 Å². The smallest absolute Gasteiger partial charge is 0.287 e. The lowest BCUT2D eigenvalue weighted by molar-refractivity contribution is -0.345. The van der Waals surface area contributed by atoms with Crippen LogP contribution in [0.5, 0.6) is 5.75 Å². The molecule has 2 aromatic rings. The molecule has 3 saturated carbocycles. The number of aromatic hydroxyl groups is 1. The Morgan fingerprint density at radius 1 is 1.10 bits per heavy atom. The Morgan fingerprint density at radius 3 is 2.23 bits per heavy atom. The SMILES string of the molecule is N=CN(N)CC(O)(c1ccc(F)cc1F)C(F)(F)C12CC(c3ccc(O)cc3)(C1)C2. The van der Waals surface area contributed by atoms with E-state index in [1.54, 1.807) is 12.1 Å². The molecule has 160 valence electrons. The molecule has 9 heteroatoms. The van der Waals surface area contributed by atoms with Crippen LogP contribution in [-0.4, -0.2) is 34.0 Å². The summed E-state index contributed by atoms with van der Waals surface area (Å²) in [4.78, 5) is 0. The number of nitrogens with one attached hydrogen (secondary N) is 1. The minimum atomic E-state index is -3.81. The Labute approximate surface area is 170 Å². The summed E-state index contributed by atoms with van der Waals surface area (Å²) in [7, 11) is 0. The normalized spacial score (nSPS) is 26.9. The van der Waals surface area contributed by atoms with E-state index in [-0.39, 0.29) is 25.0 Å². The average Bonchev–Trinajstić information content (AvgIpc) is 2.60. The standard InChI is InChI=1S/C21H21F4N3O2/c22-14-3-6-16(17(23)7-14)20(30,11-28(27)12-26)21(24,25)19-8-18(9-19,10-19)13-1-4-15(29)5-2-13/h1-7,12,26,29-30H,8-11,27H2. The zero-order valence-corrected chi connectivity index (χ0v) is 15.9. The van der Waals surface area contributed by atoms with Crippen molar-refractivity contribution in [1.29, 1.82) is 5.41 Å². The Kier molecular flexibility index (Phi) is 4.41. The van der Waals surface area contributed by atoms with E-state index in [2.05, 4.69) is 0 Å². The zero-order valence-electron chi connectivity index (χ0n) is 15.9. The Bertz CT molecular complexity index is 978. The van der Waals surface area contributed by atoms with Crippen molar-refractivity contribution in [3.63, 3.8) is 0 Å². The molecule has 5 N–H and O–H groups in total. The lowest BCUT2D eigenvalue weighted by atomic mass is 9.30. The van der Waals surface area contributed by atoms with Crippen LogP contribution in [0.25, 0.3) is 0 Å². The van der Waals surface area contributed by atoms with Gasteiger partial charge in [-0.15, -0.1) is 0 Å². The summed E-state index contributed by atoms with van der Waals surface area (Å²) in [6.45, 7) is -0.944. The minimum Gasteiger partial charge on any atom is -0.508 e. The van der Waals surface area contributed by atoms with E-state index in [9.17, 15) is 19.0 Å². The molecule has 1 unspecified atom stereocenters. The number of nitrogens with two attached hydrogens (primary N) is 1. The molecule has 3 aliphatic carbocycles. The number of nitrogens with zero attached hydrogens (tertiary/aromatic N) is 1. The maximum absolute atomic E-state index is 15.8. The van der Waals surface area contributed by atoms with E-state index in [1.807, 2.05) is 0 Å². The van der Waals surface area contributed by atoms with Gasteiger partial charge in [0.25, 0.3) is 5.92 Å². The third kappa shape index (κ3) is 2.65. The molecule has 2 aromatic carbocycles. The molecule has 1 atom stereocenters. The largest absolute Gasteiger partial charge is 0.508 e. The van der Waals surface area contributed by atoms with Gasteiger partial charge in [0.1, 0.15) is 17.4 Å². The molecule has 0 radical (unpaired) electrons. The summed E-state index contributed by atoms with van der Waals surface area (Å²) < 4.78 is 59.5. The van der Waals surface area contributed by atoms with Crippen molar-refractivity contribution < 1.29 is 27.8 Å². The van der Waals surface area contributed by atoms with Gasteiger partial charge in [-0.3, -0.25) is 10.4 Å². The van der Waals surface area contributed by atoms with E-state index in [4.69, 9.17) is 11.3 Å². The Hall–Kier alpha value is -2.65. The fourth-order valence-corrected chi connectivity index (χ4v) is 5.17. The fourth-order valence-electron chi connectivity index (χ4n) is 5.17. The van der Waals surface area contributed by atoms with E-state index >= 15 is 8.78 Å². The molecule has 5 nitrogen and oxygen atoms in total. The van der Waals surface area contributed by atoms with Gasteiger partial charge < -0.3 is 10.2 Å². The van der Waals surface area contributed by atoms with Crippen molar-refractivity contribution >= 4 is 6.34 Å². The number of phenolic OH excluding ortho intramolecular Hbond substituents is 1. The second-order valence-electron chi connectivity index (χ2n) is 8.50. The average molecular weight is 423 g/mol. The molecule has 30 heavy (non-hydrogen) atoms. The summed E-state index contributed by atoms with van der Waals surface area (Å²) in [6.07, 6.45) is 0.747. The van der Waals surface area contributed by atoms with Crippen LogP contribution in [0, 0.1) is 22.5 Å². The number of hydrazine groups is 1. The zero-order chi connectivity index (χ0) is 21.9. The van der Waals surface area contributed by atoms with Crippen molar-refractivity contribution in [2.24, 2.45) is 11.3 Å². The van der Waals surface area contributed by atoms with E-state index in [1.165, 1.54) is 12.1 Å². The lowest BCUT2D eigenvalue weighted by Gasteiger charge is -2.74. The molecule has 0 saturated heterocycles. The first kappa shape index (κ1) is 20.6. The van der Waals surface area contributed by atoms with Crippen LogP contribution in [-0.2, 0) is 11.0 Å². The second-order valence-corrected chi connectivity index (χ2v) is 8.50. The molecular formula is C21H21F4N3O2. The van der Waals surface area contributed by atoms with Crippen molar-refractivity contribution in [3.05, 3.63) is 65.2 Å². The number of phenols is 1. The molecule has 0 spiro atoms. The van der Waals surface area contributed by atoms with Gasteiger partial charge in [-0.25, -0.2) is 23.4 Å². The monoisotopic (exact) mass is 423 g/mol. The van der Waals surface area contributed by atoms with Crippen molar-refractivity contribution in [1.82, 2.24) is 5.01 Å². The topological polar surface area (TPSA) is 93.6 Å². The molecule has 0 heterocycles. The predicted octanol–water partition coefficient (Wildman–Crippen LogP) is 3.40. The van der Waals surface area contributed by atoms with Crippen LogP contribution < -0.4 is 5.84 Å². The van der Waals surface area contributed by atoms with Gasteiger partial charge in [-0.2, -0.15) is 0 Å². The molecule has 5 rings (SSSR count). The Balaban J connectivity index is 1.69. The summed E-state index contributed by atoms with van der Waals surface area (Å²) in [5, 5.41) is 28.3. The molecule has 2 bridgehead atoms. The maximum atomic E-state index is 15.8. The molecule has 3 fully saturated rings. The van der Waals surface area contributed by atoms with Gasteiger partial charge in [0, 0.05) is 17.0 Å². The van der Waals surface area contributed by atoms with Crippen LogP contribution >= 0.6 is 0 Å². The summed E-state index contributed by atoms with van der Waals surface area (Å²) in [6, 6.07) is 8.35. The number of rotatable bonds is 7. The first-order chi connectivity index (χ1) is 14.0. The summed E-state index contributed by atoms with van der Waals surface area (Å²) >= 11 is 0. The molecule has 0 amide bonds. The molecular weight excluding hydrogens is 402 g/mol.